The molecule has 7 nitrogen and oxygen atoms in total. The average molecular weight is 624 g/mol. The maximum atomic E-state index is 14.4. The largest absolute Gasteiger partial charge is 0.496 e. The van der Waals surface area contributed by atoms with Crippen LogP contribution in [-0.2, 0) is 32.6 Å². The zero-order chi connectivity index (χ0) is 31.7. The van der Waals surface area contributed by atoms with Gasteiger partial charge in [0.15, 0.2) is 5.60 Å². The Morgan fingerprint density at radius 1 is 1.07 bits per heavy atom. The van der Waals surface area contributed by atoms with Crippen molar-refractivity contribution in [1.29, 1.82) is 0 Å². The van der Waals surface area contributed by atoms with Gasteiger partial charge in [-0.15, -0.1) is 0 Å². The van der Waals surface area contributed by atoms with Gasteiger partial charge in [0, 0.05) is 12.0 Å². The number of ether oxygens (including phenoxy) is 2. The number of aryl methyl sites for hydroxylation is 1. The zero-order valence-electron chi connectivity index (χ0n) is 24.0. The van der Waals surface area contributed by atoms with E-state index >= 15 is 0 Å². The molecule has 12 heteroatoms. The Kier molecular flexibility index (Phi) is 9.24. The second-order valence-electron chi connectivity index (χ2n) is 11.4. The number of alkyl halides is 3. The molecule has 232 valence electrons. The van der Waals surface area contributed by atoms with E-state index in [-0.39, 0.29) is 17.7 Å². The van der Waals surface area contributed by atoms with Crippen molar-refractivity contribution < 1.29 is 45.7 Å². The van der Waals surface area contributed by atoms with Crippen LogP contribution < -0.4 is 9.04 Å². The molecular weight excluding hydrogens is 590 g/mol. The van der Waals surface area contributed by atoms with Crippen LogP contribution in [0.5, 0.6) is 5.75 Å². The van der Waals surface area contributed by atoms with Crippen LogP contribution in [0.25, 0.3) is 0 Å². The Hall–Kier alpha value is -3.48. The molecule has 0 aliphatic heterocycles. The van der Waals surface area contributed by atoms with Crippen LogP contribution in [0.2, 0.25) is 0 Å². The third-order valence-corrected chi connectivity index (χ3v) is 8.50. The lowest BCUT2D eigenvalue weighted by molar-refractivity contribution is -0.270. The second-order valence-corrected chi connectivity index (χ2v) is 12.2. The smallest absolute Gasteiger partial charge is 0.417 e. The molecule has 4 atom stereocenters. The van der Waals surface area contributed by atoms with Crippen LogP contribution in [0.15, 0.2) is 66.7 Å². The van der Waals surface area contributed by atoms with Gasteiger partial charge >= 0.3 is 12.1 Å². The van der Waals surface area contributed by atoms with Gasteiger partial charge in [0.05, 0.1) is 19.2 Å². The van der Waals surface area contributed by atoms with Gasteiger partial charge in [-0.25, -0.2) is 8.60 Å². The van der Waals surface area contributed by atoms with Crippen molar-refractivity contribution >= 4 is 22.9 Å². The minimum absolute atomic E-state index is 0.0720. The average Bonchev–Trinajstić information content (AvgIpc) is 3.26. The Balaban J connectivity index is 1.64. The van der Waals surface area contributed by atoms with Crippen LogP contribution in [-0.4, -0.2) is 44.8 Å². The van der Waals surface area contributed by atoms with Crippen LogP contribution >= 0.6 is 0 Å². The summed E-state index contributed by atoms with van der Waals surface area (Å²) in [5.74, 6) is -1.93. The van der Waals surface area contributed by atoms with E-state index in [4.69, 9.17) is 9.47 Å². The highest BCUT2D eigenvalue weighted by atomic mass is 32.2. The molecule has 0 heterocycles. The number of halogens is 4. The van der Waals surface area contributed by atoms with E-state index in [1.54, 1.807) is 48.5 Å². The fraction of sp³-hybridized carbons (Fsp3) is 0.387. The summed E-state index contributed by atoms with van der Waals surface area (Å²) in [4.78, 5) is 13.2. The summed E-state index contributed by atoms with van der Waals surface area (Å²) in [6.45, 7) is 4.60. The highest BCUT2D eigenvalue weighted by molar-refractivity contribution is 7.80. The maximum absolute atomic E-state index is 14.4. The molecule has 0 bridgehead atoms. The predicted molar refractivity (Wildman–Crippen MR) is 153 cm³/mol. The number of benzene rings is 3. The third kappa shape index (κ3) is 6.86. The minimum atomic E-state index is -5.26. The molecule has 3 aromatic rings. The summed E-state index contributed by atoms with van der Waals surface area (Å²) in [5, 5.41) is 11.0. The first-order chi connectivity index (χ1) is 20.1. The SMILES string of the molecule is COc1ccc(F)cc1C(C)(C)CC(O)(CC(=O)OC1Cc2ccccc2C1N(c1ccc(C)cc1)S(=O)O)C(F)(F)F. The first kappa shape index (κ1) is 32.4. The molecule has 4 unspecified atom stereocenters. The molecule has 2 N–H and O–H groups in total. The molecule has 0 radical (unpaired) electrons. The van der Waals surface area contributed by atoms with Crippen molar-refractivity contribution in [2.24, 2.45) is 0 Å². The number of hydrogen-bond donors (Lipinski definition) is 2. The van der Waals surface area contributed by atoms with Crippen molar-refractivity contribution in [2.75, 3.05) is 11.4 Å². The van der Waals surface area contributed by atoms with E-state index < -0.39 is 65.2 Å². The van der Waals surface area contributed by atoms with Crippen molar-refractivity contribution in [1.82, 2.24) is 0 Å². The summed E-state index contributed by atoms with van der Waals surface area (Å²) >= 11 is -2.60. The van der Waals surface area contributed by atoms with Crippen LogP contribution in [0.1, 0.15) is 55.0 Å². The van der Waals surface area contributed by atoms with E-state index in [1.165, 1.54) is 27.0 Å². The number of anilines is 1. The lowest BCUT2D eigenvalue weighted by Crippen LogP contribution is -2.51. The molecule has 0 spiro atoms. The Morgan fingerprint density at radius 3 is 2.33 bits per heavy atom. The second kappa shape index (κ2) is 12.3. The van der Waals surface area contributed by atoms with Gasteiger partial charge in [-0.05, 0) is 60.2 Å². The van der Waals surface area contributed by atoms with Crippen LogP contribution in [0, 0.1) is 12.7 Å². The minimum Gasteiger partial charge on any atom is -0.496 e. The van der Waals surface area contributed by atoms with Crippen LogP contribution in [0.4, 0.5) is 23.2 Å². The van der Waals surface area contributed by atoms with Crippen molar-refractivity contribution in [3.63, 3.8) is 0 Å². The molecule has 0 fully saturated rings. The van der Waals surface area contributed by atoms with Gasteiger partial charge in [0.25, 0.3) is 11.3 Å². The molecule has 4 rings (SSSR count). The maximum Gasteiger partial charge on any atom is 0.417 e. The molecule has 0 amide bonds. The quantitative estimate of drug-likeness (QED) is 0.155. The van der Waals surface area contributed by atoms with Gasteiger partial charge in [-0.1, -0.05) is 55.8 Å². The van der Waals surface area contributed by atoms with E-state index in [2.05, 4.69) is 0 Å². The zero-order valence-corrected chi connectivity index (χ0v) is 24.8. The van der Waals surface area contributed by atoms with Crippen molar-refractivity contribution in [2.45, 2.75) is 69.4 Å². The molecule has 0 saturated carbocycles. The number of nitrogens with zero attached hydrogens (tertiary/aromatic N) is 1. The van der Waals surface area contributed by atoms with E-state index in [1.807, 2.05) is 6.92 Å². The summed E-state index contributed by atoms with van der Waals surface area (Å²) in [7, 11) is 1.29. The number of carbonyl (C=O) groups excluding carboxylic acids is 1. The molecule has 1 aliphatic carbocycles. The monoisotopic (exact) mass is 623 g/mol. The fourth-order valence-corrected chi connectivity index (χ4v) is 6.45. The van der Waals surface area contributed by atoms with Crippen LogP contribution in [0.3, 0.4) is 0 Å². The lowest BCUT2D eigenvalue weighted by Gasteiger charge is -2.38. The van der Waals surface area contributed by atoms with E-state index in [0.717, 1.165) is 22.0 Å². The van der Waals surface area contributed by atoms with Crippen molar-refractivity contribution in [3.8, 4) is 5.75 Å². The Labute approximate surface area is 249 Å². The number of methoxy groups -OCH3 is 1. The lowest BCUT2D eigenvalue weighted by atomic mass is 9.73. The van der Waals surface area contributed by atoms with Gasteiger partial charge < -0.3 is 14.6 Å². The third-order valence-electron chi connectivity index (χ3n) is 7.73. The highest BCUT2D eigenvalue weighted by Crippen LogP contribution is 2.46. The number of fused-ring (bicyclic) bond motifs is 1. The summed E-state index contributed by atoms with van der Waals surface area (Å²) in [6.07, 6.45) is -8.80. The number of rotatable bonds is 10. The number of hydrogen-bond acceptors (Lipinski definition) is 5. The van der Waals surface area contributed by atoms with E-state index in [9.17, 15) is 36.2 Å². The first-order valence-corrected chi connectivity index (χ1v) is 14.5. The van der Waals surface area contributed by atoms with Gasteiger partial charge in [-0.3, -0.25) is 13.7 Å². The normalized spacial score (nSPS) is 18.8. The summed E-state index contributed by atoms with van der Waals surface area (Å²) in [6, 6.07) is 16.0. The predicted octanol–water partition coefficient (Wildman–Crippen LogP) is 6.35. The highest BCUT2D eigenvalue weighted by Gasteiger charge is 2.58. The molecular formula is C31H33F4NO6S. The summed E-state index contributed by atoms with van der Waals surface area (Å²) in [5.41, 5.74) is -2.47. The Bertz CT molecular complexity index is 1500. The van der Waals surface area contributed by atoms with Gasteiger partial charge in [0.2, 0.25) is 0 Å². The fourth-order valence-electron chi connectivity index (χ4n) is 5.71. The topological polar surface area (TPSA) is 96.3 Å². The molecule has 1 aliphatic rings. The first-order valence-electron chi connectivity index (χ1n) is 13.4. The molecule has 3 aromatic carbocycles. The molecule has 43 heavy (non-hydrogen) atoms. The van der Waals surface area contributed by atoms with Crippen molar-refractivity contribution in [3.05, 3.63) is 94.8 Å². The number of esters is 1. The van der Waals surface area contributed by atoms with E-state index in [0.29, 0.717) is 16.8 Å². The molecule has 0 saturated heterocycles. The standard InChI is InChI=1S/C31H33F4NO6S/c1-19-9-12-22(13-10-19)36(43(39)40)28-23-8-6-5-7-20(23)15-26(28)42-27(37)17-30(38,31(33,34)35)18-29(2,3)24-16-21(32)11-14-25(24)41-4/h5-14,16,26,28,38H,15,17-18H2,1-4H3,(H,39,40). The summed E-state index contributed by atoms with van der Waals surface area (Å²) < 4.78 is 92.2. The molecule has 0 aromatic heterocycles. The number of carbonyl (C=O) groups is 1. The Morgan fingerprint density at radius 2 is 1.72 bits per heavy atom. The van der Waals surface area contributed by atoms with Gasteiger partial charge in [0.1, 0.15) is 23.7 Å². The number of aliphatic hydroxyl groups is 1. The van der Waals surface area contributed by atoms with Gasteiger partial charge in [-0.2, -0.15) is 13.2 Å².